The Morgan fingerprint density at radius 3 is 2.68 bits per heavy atom. The fourth-order valence-corrected chi connectivity index (χ4v) is 4.52. The first-order valence-corrected chi connectivity index (χ1v) is 11.6. The van der Waals surface area contributed by atoms with Crippen LogP contribution in [0.5, 0.6) is 0 Å². The van der Waals surface area contributed by atoms with E-state index in [1.165, 1.54) is 23.5 Å². The summed E-state index contributed by atoms with van der Waals surface area (Å²) in [5, 5.41) is 12.2. The van der Waals surface area contributed by atoms with Gasteiger partial charge in [0.2, 0.25) is 5.91 Å². The molecule has 2 unspecified atom stereocenters. The molecule has 0 bridgehead atoms. The first-order chi connectivity index (χ1) is 16.4. The molecule has 1 aromatic carbocycles. The van der Waals surface area contributed by atoms with Gasteiger partial charge in [-0.2, -0.15) is 5.26 Å². The van der Waals surface area contributed by atoms with Gasteiger partial charge in [0, 0.05) is 33.1 Å². The Balaban J connectivity index is 1.35. The molecule has 34 heavy (non-hydrogen) atoms. The van der Waals surface area contributed by atoms with Crippen LogP contribution in [0.3, 0.4) is 0 Å². The van der Waals surface area contributed by atoms with Crippen LogP contribution < -0.4 is 15.1 Å². The van der Waals surface area contributed by atoms with Gasteiger partial charge in [0.1, 0.15) is 18.0 Å². The molecule has 3 saturated heterocycles. The van der Waals surface area contributed by atoms with Crippen LogP contribution in [0.25, 0.3) is 0 Å². The van der Waals surface area contributed by atoms with Crippen LogP contribution >= 0.6 is 0 Å². The van der Waals surface area contributed by atoms with Crippen molar-refractivity contribution in [2.45, 2.75) is 31.9 Å². The van der Waals surface area contributed by atoms with Crippen molar-refractivity contribution >= 4 is 23.4 Å². The number of ether oxygens (including phenoxy) is 2. The molecule has 3 heterocycles. The molecule has 2 atom stereocenters. The SMILES string of the molecule is CC(=O)NCC1CN(c2ccc(N3CCC(=CC(C#N)N4CCOCC4)CC3)c(F)c2)C(=O)O1. The van der Waals surface area contributed by atoms with Crippen molar-refractivity contribution in [3.05, 3.63) is 35.7 Å². The zero-order chi connectivity index (χ0) is 24.1. The summed E-state index contributed by atoms with van der Waals surface area (Å²) in [6.07, 6.45) is 2.57. The summed E-state index contributed by atoms with van der Waals surface area (Å²) >= 11 is 0. The van der Waals surface area contributed by atoms with Gasteiger partial charge >= 0.3 is 6.09 Å². The summed E-state index contributed by atoms with van der Waals surface area (Å²) in [4.78, 5) is 28.8. The quantitative estimate of drug-likeness (QED) is 0.634. The lowest BCUT2D eigenvalue weighted by Gasteiger charge is -2.33. The number of nitrogens with one attached hydrogen (secondary N) is 1. The third kappa shape index (κ3) is 5.66. The summed E-state index contributed by atoms with van der Waals surface area (Å²) in [5.41, 5.74) is 2.14. The fourth-order valence-electron chi connectivity index (χ4n) is 4.52. The average Bonchev–Trinajstić information content (AvgIpc) is 3.22. The highest BCUT2D eigenvalue weighted by molar-refractivity contribution is 5.90. The number of carbonyl (C=O) groups is 2. The Hall–Kier alpha value is -3.16. The minimum absolute atomic E-state index is 0.200. The van der Waals surface area contributed by atoms with Crippen LogP contribution in [0.1, 0.15) is 19.8 Å². The number of halogens is 1. The molecule has 3 aliphatic heterocycles. The van der Waals surface area contributed by atoms with Gasteiger partial charge in [-0.1, -0.05) is 11.6 Å². The molecule has 2 amide bonds. The predicted octanol–water partition coefficient (Wildman–Crippen LogP) is 2.04. The van der Waals surface area contributed by atoms with Gasteiger partial charge in [-0.15, -0.1) is 0 Å². The Labute approximate surface area is 198 Å². The van der Waals surface area contributed by atoms with Crippen LogP contribution in [0.15, 0.2) is 29.8 Å². The molecule has 9 nitrogen and oxygen atoms in total. The second-order valence-corrected chi connectivity index (χ2v) is 8.72. The van der Waals surface area contributed by atoms with E-state index in [4.69, 9.17) is 9.47 Å². The van der Waals surface area contributed by atoms with E-state index in [1.54, 1.807) is 12.1 Å². The Morgan fingerprint density at radius 2 is 2.03 bits per heavy atom. The highest BCUT2D eigenvalue weighted by Gasteiger charge is 2.33. The first kappa shape index (κ1) is 24.0. The van der Waals surface area contributed by atoms with E-state index in [9.17, 15) is 14.9 Å². The maximum Gasteiger partial charge on any atom is 0.414 e. The molecule has 1 aromatic rings. The molecule has 0 radical (unpaired) electrons. The van der Waals surface area contributed by atoms with E-state index in [1.807, 2.05) is 4.90 Å². The zero-order valence-corrected chi connectivity index (χ0v) is 19.3. The van der Waals surface area contributed by atoms with E-state index in [0.717, 1.165) is 25.9 Å². The van der Waals surface area contributed by atoms with E-state index >= 15 is 4.39 Å². The number of piperidine rings is 1. The monoisotopic (exact) mass is 471 g/mol. The Kier molecular flexibility index (Phi) is 7.65. The van der Waals surface area contributed by atoms with Gasteiger partial charge in [-0.3, -0.25) is 14.6 Å². The molecule has 3 aliphatic rings. The van der Waals surface area contributed by atoms with Crippen LogP contribution in [-0.2, 0) is 14.3 Å². The normalized spacial score (nSPS) is 22.2. The molecule has 0 saturated carbocycles. The van der Waals surface area contributed by atoms with Gasteiger partial charge in [0.05, 0.1) is 43.7 Å². The number of hydrogen-bond donors (Lipinski definition) is 1. The van der Waals surface area contributed by atoms with Gasteiger partial charge in [0.15, 0.2) is 0 Å². The summed E-state index contributed by atoms with van der Waals surface area (Å²) in [6.45, 7) is 5.99. The second kappa shape index (κ2) is 10.8. The molecule has 4 rings (SSSR count). The number of morpholine rings is 1. The predicted molar refractivity (Wildman–Crippen MR) is 124 cm³/mol. The van der Waals surface area contributed by atoms with Crippen LogP contribution in [-0.4, -0.2) is 81.5 Å². The third-order valence-corrected chi connectivity index (χ3v) is 6.41. The first-order valence-electron chi connectivity index (χ1n) is 11.6. The van der Waals surface area contributed by atoms with Crippen LogP contribution in [0, 0.1) is 17.1 Å². The van der Waals surface area contributed by atoms with Gasteiger partial charge in [-0.25, -0.2) is 9.18 Å². The number of rotatable bonds is 6. The minimum Gasteiger partial charge on any atom is -0.442 e. The van der Waals surface area contributed by atoms with E-state index in [2.05, 4.69) is 22.4 Å². The summed E-state index contributed by atoms with van der Waals surface area (Å²) in [6, 6.07) is 6.89. The summed E-state index contributed by atoms with van der Waals surface area (Å²) in [7, 11) is 0. The smallest absolute Gasteiger partial charge is 0.414 e. The van der Waals surface area contributed by atoms with Crippen molar-refractivity contribution in [2.24, 2.45) is 0 Å². The molecule has 0 aliphatic carbocycles. The maximum atomic E-state index is 15.0. The van der Waals surface area contributed by atoms with Crippen LogP contribution in [0.2, 0.25) is 0 Å². The average molecular weight is 472 g/mol. The van der Waals surface area contributed by atoms with Gasteiger partial charge in [0.25, 0.3) is 0 Å². The highest BCUT2D eigenvalue weighted by atomic mass is 19.1. The van der Waals surface area contributed by atoms with E-state index in [0.29, 0.717) is 37.7 Å². The number of cyclic esters (lactones) is 1. The lowest BCUT2D eigenvalue weighted by atomic mass is 10.00. The van der Waals surface area contributed by atoms with Crippen molar-refractivity contribution in [1.29, 1.82) is 5.26 Å². The molecule has 10 heteroatoms. The van der Waals surface area contributed by atoms with Crippen molar-refractivity contribution in [3.63, 3.8) is 0 Å². The second-order valence-electron chi connectivity index (χ2n) is 8.72. The molecule has 1 N–H and O–H groups in total. The topological polar surface area (TPSA) is 98.1 Å². The van der Waals surface area contributed by atoms with Gasteiger partial charge < -0.3 is 19.7 Å². The van der Waals surface area contributed by atoms with Crippen molar-refractivity contribution in [1.82, 2.24) is 10.2 Å². The number of carbonyl (C=O) groups excluding carboxylic acids is 2. The largest absolute Gasteiger partial charge is 0.442 e. The standard InChI is InChI=1S/C24H30FN5O4/c1-17(31)27-15-21-16-30(24(32)34-21)19-2-3-23(22(25)13-19)29-6-4-18(5-7-29)12-20(14-26)28-8-10-33-11-9-28/h2-3,12-13,20-21H,4-11,15-16H2,1H3,(H,27,31). The summed E-state index contributed by atoms with van der Waals surface area (Å²) < 4.78 is 25.7. The number of nitriles is 1. The van der Waals surface area contributed by atoms with Crippen molar-refractivity contribution < 1.29 is 23.5 Å². The number of hydrogen-bond acceptors (Lipinski definition) is 7. The molecular formula is C24H30FN5O4. The molecule has 0 aromatic heterocycles. The summed E-state index contributed by atoms with van der Waals surface area (Å²) in [5.74, 6) is -0.597. The number of benzene rings is 1. The lowest BCUT2D eigenvalue weighted by Crippen LogP contribution is -2.42. The molecular weight excluding hydrogens is 441 g/mol. The molecule has 3 fully saturated rings. The number of nitrogens with zero attached hydrogens (tertiary/aromatic N) is 4. The number of anilines is 2. The van der Waals surface area contributed by atoms with Crippen molar-refractivity contribution in [3.8, 4) is 6.07 Å². The number of amides is 2. The van der Waals surface area contributed by atoms with Gasteiger partial charge in [-0.05, 0) is 31.0 Å². The third-order valence-electron chi connectivity index (χ3n) is 6.41. The highest BCUT2D eigenvalue weighted by Crippen LogP contribution is 2.30. The minimum atomic E-state index is -0.553. The maximum absolute atomic E-state index is 15.0. The lowest BCUT2D eigenvalue weighted by molar-refractivity contribution is -0.119. The fraction of sp³-hybridized carbons (Fsp3) is 0.542. The van der Waals surface area contributed by atoms with Crippen LogP contribution in [0.4, 0.5) is 20.6 Å². The molecule has 0 spiro atoms. The van der Waals surface area contributed by atoms with E-state index < -0.39 is 18.0 Å². The molecule has 182 valence electrons. The Bertz CT molecular complexity index is 978. The zero-order valence-electron chi connectivity index (χ0n) is 19.3. The van der Waals surface area contributed by atoms with E-state index in [-0.39, 0.29) is 25.0 Å². The van der Waals surface area contributed by atoms with Crippen molar-refractivity contribution in [2.75, 3.05) is 62.3 Å². The Morgan fingerprint density at radius 1 is 1.29 bits per heavy atom.